The van der Waals surface area contributed by atoms with E-state index in [-0.39, 0.29) is 11.4 Å². The SMILES string of the molecule is Cc1nc(C2(NCC(=O)N3CCCCCCC3)CCCCC2)no1. The van der Waals surface area contributed by atoms with Crippen LogP contribution in [0, 0.1) is 6.92 Å². The summed E-state index contributed by atoms with van der Waals surface area (Å²) in [5, 5.41) is 7.68. The van der Waals surface area contributed by atoms with Gasteiger partial charge >= 0.3 is 0 Å². The van der Waals surface area contributed by atoms with Gasteiger partial charge in [0.05, 0.1) is 12.1 Å². The molecule has 0 bridgehead atoms. The predicted molar refractivity (Wildman–Crippen MR) is 91.5 cm³/mol. The smallest absolute Gasteiger partial charge is 0.236 e. The first-order valence-corrected chi connectivity index (χ1v) is 9.53. The highest BCUT2D eigenvalue weighted by Crippen LogP contribution is 2.35. The molecule has 1 aromatic rings. The molecule has 1 aliphatic heterocycles. The predicted octanol–water partition coefficient (Wildman–Crippen LogP) is 2.92. The van der Waals surface area contributed by atoms with Crippen LogP contribution in [0.3, 0.4) is 0 Å². The second-order valence-electron chi connectivity index (χ2n) is 7.28. The zero-order valence-corrected chi connectivity index (χ0v) is 14.9. The van der Waals surface area contributed by atoms with E-state index in [0.29, 0.717) is 12.4 Å². The molecule has 0 aromatic carbocycles. The Labute approximate surface area is 144 Å². The Balaban J connectivity index is 1.63. The minimum absolute atomic E-state index is 0.210. The molecule has 3 rings (SSSR count). The van der Waals surface area contributed by atoms with E-state index >= 15 is 0 Å². The van der Waals surface area contributed by atoms with Crippen molar-refractivity contribution in [1.29, 1.82) is 0 Å². The van der Waals surface area contributed by atoms with Crippen LogP contribution in [-0.4, -0.2) is 40.6 Å². The maximum absolute atomic E-state index is 12.7. The average molecular weight is 334 g/mol. The summed E-state index contributed by atoms with van der Waals surface area (Å²) in [5.74, 6) is 1.52. The van der Waals surface area contributed by atoms with E-state index < -0.39 is 0 Å². The van der Waals surface area contributed by atoms with Crippen LogP contribution in [0.4, 0.5) is 0 Å². The van der Waals surface area contributed by atoms with Crippen LogP contribution in [0.25, 0.3) is 0 Å². The minimum Gasteiger partial charge on any atom is -0.342 e. The van der Waals surface area contributed by atoms with E-state index in [4.69, 9.17) is 4.52 Å². The van der Waals surface area contributed by atoms with Crippen molar-refractivity contribution in [3.63, 3.8) is 0 Å². The number of nitrogens with zero attached hydrogens (tertiary/aromatic N) is 3. The van der Waals surface area contributed by atoms with Crippen LogP contribution in [0.1, 0.15) is 75.9 Å². The molecule has 0 atom stereocenters. The van der Waals surface area contributed by atoms with Crippen LogP contribution >= 0.6 is 0 Å². The molecule has 1 amide bonds. The first-order chi connectivity index (χ1) is 11.7. The highest BCUT2D eigenvalue weighted by atomic mass is 16.5. The molecule has 1 N–H and O–H groups in total. The first kappa shape index (κ1) is 17.4. The van der Waals surface area contributed by atoms with Crippen LogP contribution < -0.4 is 5.32 Å². The molecular formula is C18H30N4O2. The van der Waals surface area contributed by atoms with Gasteiger partial charge in [-0.05, 0) is 25.7 Å². The van der Waals surface area contributed by atoms with Gasteiger partial charge in [-0.2, -0.15) is 4.98 Å². The number of likely N-dealkylation sites (tertiary alicyclic amines) is 1. The molecule has 24 heavy (non-hydrogen) atoms. The fourth-order valence-electron chi connectivity index (χ4n) is 3.98. The van der Waals surface area contributed by atoms with Crippen molar-refractivity contribution in [3.05, 3.63) is 11.7 Å². The lowest BCUT2D eigenvalue weighted by atomic mass is 9.81. The number of amides is 1. The third-order valence-corrected chi connectivity index (χ3v) is 5.45. The molecule has 134 valence electrons. The van der Waals surface area contributed by atoms with Gasteiger partial charge in [-0.1, -0.05) is 43.7 Å². The lowest BCUT2D eigenvalue weighted by molar-refractivity contribution is -0.131. The van der Waals surface area contributed by atoms with Gasteiger partial charge in [-0.3, -0.25) is 10.1 Å². The number of hydrogen-bond acceptors (Lipinski definition) is 5. The molecule has 2 fully saturated rings. The van der Waals surface area contributed by atoms with E-state index in [0.717, 1.165) is 57.4 Å². The molecule has 0 unspecified atom stereocenters. The second kappa shape index (κ2) is 8.10. The quantitative estimate of drug-likeness (QED) is 0.916. The molecule has 6 heteroatoms. The van der Waals surface area contributed by atoms with Gasteiger partial charge in [-0.15, -0.1) is 0 Å². The van der Waals surface area contributed by atoms with E-state index in [1.807, 2.05) is 11.8 Å². The second-order valence-corrected chi connectivity index (χ2v) is 7.28. The monoisotopic (exact) mass is 334 g/mol. The van der Waals surface area contributed by atoms with E-state index in [2.05, 4.69) is 15.5 Å². The third-order valence-electron chi connectivity index (χ3n) is 5.45. The molecule has 0 spiro atoms. The first-order valence-electron chi connectivity index (χ1n) is 9.53. The van der Waals surface area contributed by atoms with Crippen molar-refractivity contribution in [1.82, 2.24) is 20.4 Å². The number of hydrogen-bond donors (Lipinski definition) is 1. The Morgan fingerprint density at radius 3 is 2.33 bits per heavy atom. The number of aromatic nitrogens is 2. The van der Waals surface area contributed by atoms with Crippen molar-refractivity contribution in [2.45, 2.75) is 76.7 Å². The van der Waals surface area contributed by atoms with E-state index in [1.54, 1.807) is 0 Å². The van der Waals surface area contributed by atoms with Crippen molar-refractivity contribution < 1.29 is 9.32 Å². The number of aryl methyl sites for hydroxylation is 1. The van der Waals surface area contributed by atoms with Gasteiger partial charge in [0.15, 0.2) is 5.82 Å². The topological polar surface area (TPSA) is 71.3 Å². The lowest BCUT2D eigenvalue weighted by Crippen LogP contribution is -2.50. The Morgan fingerprint density at radius 1 is 1.08 bits per heavy atom. The van der Waals surface area contributed by atoms with Crippen LogP contribution in [0.15, 0.2) is 4.52 Å². The van der Waals surface area contributed by atoms with Crippen LogP contribution in [-0.2, 0) is 10.3 Å². The van der Waals surface area contributed by atoms with Crippen LogP contribution in [0.5, 0.6) is 0 Å². The average Bonchev–Trinajstić information content (AvgIpc) is 3.00. The van der Waals surface area contributed by atoms with Gasteiger partial charge in [-0.25, -0.2) is 0 Å². The summed E-state index contributed by atoms with van der Waals surface area (Å²) >= 11 is 0. The Hall–Kier alpha value is -1.43. The van der Waals surface area contributed by atoms with E-state index in [9.17, 15) is 4.79 Å². The molecular weight excluding hydrogens is 304 g/mol. The van der Waals surface area contributed by atoms with Crippen molar-refractivity contribution in [2.75, 3.05) is 19.6 Å². The van der Waals surface area contributed by atoms with Gasteiger partial charge in [0, 0.05) is 20.0 Å². The summed E-state index contributed by atoms with van der Waals surface area (Å²) in [4.78, 5) is 19.2. The maximum atomic E-state index is 12.7. The molecule has 6 nitrogen and oxygen atoms in total. The number of carbonyl (C=O) groups is 1. The van der Waals surface area contributed by atoms with Gasteiger partial charge in [0.2, 0.25) is 11.8 Å². The van der Waals surface area contributed by atoms with Crippen molar-refractivity contribution in [3.8, 4) is 0 Å². The fraction of sp³-hybridized carbons (Fsp3) is 0.833. The molecule has 1 aliphatic carbocycles. The summed E-state index contributed by atoms with van der Waals surface area (Å²) < 4.78 is 5.20. The zero-order chi connectivity index (χ0) is 16.8. The van der Waals surface area contributed by atoms with Crippen molar-refractivity contribution >= 4 is 5.91 Å². The summed E-state index contributed by atoms with van der Waals surface area (Å²) in [6, 6.07) is 0. The molecule has 1 saturated carbocycles. The van der Waals surface area contributed by atoms with Gasteiger partial charge < -0.3 is 9.42 Å². The lowest BCUT2D eigenvalue weighted by Gasteiger charge is -2.36. The molecule has 1 saturated heterocycles. The zero-order valence-electron chi connectivity index (χ0n) is 14.9. The maximum Gasteiger partial charge on any atom is 0.236 e. The highest BCUT2D eigenvalue weighted by Gasteiger charge is 2.38. The molecule has 2 aliphatic rings. The van der Waals surface area contributed by atoms with Crippen LogP contribution in [0.2, 0.25) is 0 Å². The summed E-state index contributed by atoms with van der Waals surface area (Å²) in [6.45, 7) is 3.98. The molecule has 1 aromatic heterocycles. The summed E-state index contributed by atoms with van der Waals surface area (Å²) in [7, 11) is 0. The largest absolute Gasteiger partial charge is 0.342 e. The minimum atomic E-state index is -0.297. The normalized spacial score (nSPS) is 22.0. The standard InChI is InChI=1S/C18H30N4O2/c1-15-20-17(21-24-15)18(10-6-5-7-11-18)19-14-16(23)22-12-8-3-2-4-9-13-22/h19H,2-14H2,1H3. The molecule has 2 heterocycles. The van der Waals surface area contributed by atoms with E-state index in [1.165, 1.54) is 25.7 Å². The van der Waals surface area contributed by atoms with Gasteiger partial charge in [0.1, 0.15) is 0 Å². The highest BCUT2D eigenvalue weighted by molar-refractivity contribution is 5.78. The third kappa shape index (κ3) is 4.15. The van der Waals surface area contributed by atoms with Gasteiger partial charge in [0.25, 0.3) is 0 Å². The number of rotatable bonds is 4. The number of nitrogens with one attached hydrogen (secondary N) is 1. The number of carbonyl (C=O) groups excluding carboxylic acids is 1. The Bertz CT molecular complexity index is 529. The molecule has 0 radical (unpaired) electrons. The summed E-state index contributed by atoms with van der Waals surface area (Å²) in [5.41, 5.74) is -0.297. The Kier molecular flexibility index (Phi) is 5.87. The van der Waals surface area contributed by atoms with Crippen molar-refractivity contribution in [2.24, 2.45) is 0 Å². The summed E-state index contributed by atoms with van der Waals surface area (Å²) in [6.07, 6.45) is 11.5. The Morgan fingerprint density at radius 2 is 1.71 bits per heavy atom. The fourth-order valence-corrected chi connectivity index (χ4v) is 3.98.